The van der Waals surface area contributed by atoms with Crippen LogP contribution in [-0.2, 0) is 23.8 Å². The second-order valence-corrected chi connectivity index (χ2v) is 3.81. The van der Waals surface area contributed by atoms with Crippen molar-refractivity contribution in [2.75, 3.05) is 6.61 Å². The number of aliphatic hydroxyl groups is 2. The Morgan fingerprint density at radius 1 is 1.29 bits per heavy atom. The normalized spacial score (nSPS) is 32.9. The molecule has 0 radical (unpaired) electrons. The van der Waals surface area contributed by atoms with Gasteiger partial charge in [-0.2, -0.15) is 0 Å². The van der Waals surface area contributed by atoms with Crippen molar-refractivity contribution in [2.24, 2.45) is 0 Å². The molecule has 0 aromatic heterocycles. The lowest BCUT2D eigenvalue weighted by Gasteiger charge is -2.36. The van der Waals surface area contributed by atoms with Crippen LogP contribution >= 0.6 is 0 Å². The second-order valence-electron chi connectivity index (χ2n) is 3.81. The summed E-state index contributed by atoms with van der Waals surface area (Å²) < 4.78 is 14.5. The summed E-state index contributed by atoms with van der Waals surface area (Å²) in [5.74, 6) is -1.08. The summed E-state index contributed by atoms with van der Waals surface area (Å²) in [5, 5.41) is 19.2. The van der Waals surface area contributed by atoms with E-state index in [9.17, 15) is 19.8 Å². The first-order valence-corrected chi connectivity index (χ1v) is 5.22. The summed E-state index contributed by atoms with van der Waals surface area (Å²) >= 11 is 0. The molecule has 1 rings (SSSR count). The van der Waals surface area contributed by atoms with Gasteiger partial charge in [0.25, 0.3) is 0 Å². The molecule has 0 bridgehead atoms. The number of ether oxygens (including phenoxy) is 3. The first-order chi connectivity index (χ1) is 7.90. The van der Waals surface area contributed by atoms with E-state index < -0.39 is 36.5 Å². The Kier molecular flexibility index (Phi) is 4.86. The van der Waals surface area contributed by atoms with Crippen LogP contribution in [0.4, 0.5) is 0 Å². The molecule has 1 aliphatic rings. The van der Waals surface area contributed by atoms with Crippen molar-refractivity contribution >= 4 is 11.9 Å². The molecule has 0 saturated carbocycles. The van der Waals surface area contributed by atoms with Crippen molar-refractivity contribution in [1.29, 1.82) is 0 Å². The van der Waals surface area contributed by atoms with Gasteiger partial charge in [0.1, 0.15) is 24.9 Å². The molecular weight excluding hydrogens is 232 g/mol. The van der Waals surface area contributed by atoms with Crippen LogP contribution in [0.15, 0.2) is 0 Å². The Morgan fingerprint density at radius 3 is 2.47 bits per heavy atom. The van der Waals surface area contributed by atoms with Crippen molar-refractivity contribution in [1.82, 2.24) is 0 Å². The average Bonchev–Trinajstić information content (AvgIpc) is 2.19. The highest BCUT2D eigenvalue weighted by molar-refractivity contribution is 5.66. The van der Waals surface area contributed by atoms with Crippen LogP contribution < -0.4 is 0 Å². The molecule has 0 amide bonds. The van der Waals surface area contributed by atoms with E-state index in [2.05, 4.69) is 4.74 Å². The molecular formula is C10H16O7. The summed E-state index contributed by atoms with van der Waals surface area (Å²) in [7, 11) is 0. The molecule has 2 N–H and O–H groups in total. The number of carbonyl (C=O) groups is 2. The molecule has 1 fully saturated rings. The zero-order valence-corrected chi connectivity index (χ0v) is 9.66. The number of aliphatic hydroxyl groups excluding tert-OH is 2. The number of hydrogen-bond donors (Lipinski definition) is 2. The van der Waals surface area contributed by atoms with Crippen molar-refractivity contribution in [2.45, 2.75) is 44.9 Å². The molecule has 0 unspecified atom stereocenters. The van der Waals surface area contributed by atoms with Crippen LogP contribution in [0.5, 0.6) is 0 Å². The molecule has 0 spiro atoms. The minimum absolute atomic E-state index is 0.0165. The third kappa shape index (κ3) is 4.29. The Labute approximate surface area is 98.3 Å². The van der Waals surface area contributed by atoms with Gasteiger partial charge >= 0.3 is 11.9 Å². The van der Waals surface area contributed by atoms with E-state index in [1.807, 2.05) is 0 Å². The van der Waals surface area contributed by atoms with E-state index in [1.54, 1.807) is 0 Å². The molecule has 1 heterocycles. The lowest BCUT2D eigenvalue weighted by Crippen LogP contribution is -2.51. The summed E-state index contributed by atoms with van der Waals surface area (Å²) in [6, 6.07) is 0. The molecule has 17 heavy (non-hydrogen) atoms. The minimum atomic E-state index is -1.16. The summed E-state index contributed by atoms with van der Waals surface area (Å²) in [6.45, 7) is 2.22. The first kappa shape index (κ1) is 13.9. The van der Waals surface area contributed by atoms with Crippen LogP contribution in [0.2, 0.25) is 0 Å². The van der Waals surface area contributed by atoms with Gasteiger partial charge in [-0.05, 0) is 0 Å². The van der Waals surface area contributed by atoms with Gasteiger partial charge in [-0.1, -0.05) is 0 Å². The maximum Gasteiger partial charge on any atom is 0.302 e. The fourth-order valence-electron chi connectivity index (χ4n) is 1.58. The highest BCUT2D eigenvalue weighted by Gasteiger charge is 2.39. The first-order valence-electron chi connectivity index (χ1n) is 5.22. The Morgan fingerprint density at radius 2 is 1.94 bits per heavy atom. The standard InChI is InChI=1S/C10H16O7/c1-5(11)15-4-8-10(14)7(16-6(2)12)3-9(13)17-8/h7-10,13-14H,3-4H2,1-2H3/t7-,8-,9-,10+/m1/s1. The van der Waals surface area contributed by atoms with Crippen molar-refractivity contribution in [3.8, 4) is 0 Å². The highest BCUT2D eigenvalue weighted by Crippen LogP contribution is 2.22. The minimum Gasteiger partial charge on any atom is -0.463 e. The van der Waals surface area contributed by atoms with E-state index in [0.29, 0.717) is 0 Å². The van der Waals surface area contributed by atoms with Gasteiger partial charge in [0, 0.05) is 20.3 Å². The predicted octanol–water partition coefficient (Wildman–Crippen LogP) is -1.05. The van der Waals surface area contributed by atoms with Crippen LogP contribution in [0.1, 0.15) is 20.3 Å². The monoisotopic (exact) mass is 248 g/mol. The fraction of sp³-hybridized carbons (Fsp3) is 0.800. The van der Waals surface area contributed by atoms with Crippen molar-refractivity contribution in [3.63, 3.8) is 0 Å². The van der Waals surface area contributed by atoms with Gasteiger partial charge in [-0.25, -0.2) is 0 Å². The quantitative estimate of drug-likeness (QED) is 0.614. The van der Waals surface area contributed by atoms with Gasteiger partial charge in [0.05, 0.1) is 0 Å². The molecule has 0 aromatic rings. The number of rotatable bonds is 3. The number of esters is 2. The van der Waals surface area contributed by atoms with E-state index >= 15 is 0 Å². The smallest absolute Gasteiger partial charge is 0.302 e. The molecule has 0 aromatic carbocycles. The van der Waals surface area contributed by atoms with E-state index in [4.69, 9.17) is 9.47 Å². The number of hydrogen-bond acceptors (Lipinski definition) is 7. The lowest BCUT2D eigenvalue weighted by molar-refractivity contribution is -0.247. The zero-order valence-electron chi connectivity index (χ0n) is 9.66. The summed E-state index contributed by atoms with van der Waals surface area (Å²) in [5.41, 5.74) is 0. The molecule has 1 saturated heterocycles. The largest absolute Gasteiger partial charge is 0.463 e. The van der Waals surface area contributed by atoms with E-state index in [1.165, 1.54) is 13.8 Å². The second kappa shape index (κ2) is 5.95. The predicted molar refractivity (Wildman–Crippen MR) is 53.7 cm³/mol. The Bertz CT molecular complexity index is 290. The van der Waals surface area contributed by atoms with Crippen LogP contribution in [0, 0.1) is 0 Å². The SMILES string of the molecule is CC(=O)OC[C@H]1O[C@@H](O)C[C@@H](OC(C)=O)[C@@H]1O. The van der Waals surface area contributed by atoms with Crippen LogP contribution in [-0.4, -0.2) is 53.4 Å². The fourth-order valence-corrected chi connectivity index (χ4v) is 1.58. The van der Waals surface area contributed by atoms with Crippen LogP contribution in [0.3, 0.4) is 0 Å². The highest BCUT2D eigenvalue weighted by atomic mass is 16.6. The third-order valence-electron chi connectivity index (χ3n) is 2.30. The number of carbonyl (C=O) groups excluding carboxylic acids is 2. The van der Waals surface area contributed by atoms with E-state index in [0.717, 1.165) is 0 Å². The zero-order chi connectivity index (χ0) is 13.0. The van der Waals surface area contributed by atoms with Crippen molar-refractivity contribution in [3.05, 3.63) is 0 Å². The Hall–Kier alpha value is -1.18. The van der Waals surface area contributed by atoms with Crippen molar-refractivity contribution < 1.29 is 34.0 Å². The van der Waals surface area contributed by atoms with Gasteiger partial charge in [0.15, 0.2) is 6.29 Å². The van der Waals surface area contributed by atoms with Gasteiger partial charge in [0.2, 0.25) is 0 Å². The molecule has 7 nitrogen and oxygen atoms in total. The maximum atomic E-state index is 10.8. The van der Waals surface area contributed by atoms with Gasteiger partial charge in [-0.15, -0.1) is 0 Å². The Balaban J connectivity index is 2.57. The summed E-state index contributed by atoms with van der Waals surface area (Å²) in [6.07, 6.45) is -4.09. The average molecular weight is 248 g/mol. The van der Waals surface area contributed by atoms with E-state index in [-0.39, 0.29) is 13.0 Å². The lowest BCUT2D eigenvalue weighted by atomic mass is 10.0. The molecule has 98 valence electrons. The molecule has 1 aliphatic heterocycles. The van der Waals surface area contributed by atoms with Gasteiger partial charge < -0.3 is 24.4 Å². The molecule has 0 aliphatic carbocycles. The maximum absolute atomic E-state index is 10.8. The summed E-state index contributed by atoms with van der Waals surface area (Å²) in [4.78, 5) is 21.4. The topological polar surface area (TPSA) is 102 Å². The van der Waals surface area contributed by atoms with Gasteiger partial charge in [-0.3, -0.25) is 9.59 Å². The van der Waals surface area contributed by atoms with Crippen LogP contribution in [0.25, 0.3) is 0 Å². The third-order valence-corrected chi connectivity index (χ3v) is 2.30. The molecule has 7 heteroatoms. The molecule has 4 atom stereocenters.